The van der Waals surface area contributed by atoms with Gasteiger partial charge in [-0.15, -0.1) is 0 Å². The molecule has 0 aromatic heterocycles. The van der Waals surface area contributed by atoms with Crippen LogP contribution in [0.2, 0.25) is 0 Å². The summed E-state index contributed by atoms with van der Waals surface area (Å²) in [6, 6.07) is 3.05. The zero-order valence-electron chi connectivity index (χ0n) is 13.1. The second-order valence-corrected chi connectivity index (χ2v) is 6.67. The van der Waals surface area contributed by atoms with Gasteiger partial charge in [-0.1, -0.05) is 0 Å². The summed E-state index contributed by atoms with van der Waals surface area (Å²) in [7, 11) is -1.76. The Morgan fingerprint density at radius 3 is 2.28 bits per heavy atom. The number of hydrogen-bond donors (Lipinski definition) is 2. The third-order valence-corrected chi connectivity index (χ3v) is 4.56. The molecule has 0 heterocycles. The van der Waals surface area contributed by atoms with E-state index in [-0.39, 0.29) is 16.1 Å². The van der Waals surface area contributed by atoms with Crippen molar-refractivity contribution in [2.45, 2.75) is 23.4 Å². The Bertz CT molecular complexity index is 734. The molecule has 0 amide bonds. The number of methoxy groups -OCH3 is 1. The van der Waals surface area contributed by atoms with Crippen molar-refractivity contribution in [3.8, 4) is 0 Å². The lowest BCUT2D eigenvalue weighted by atomic mass is 10.1. The lowest BCUT2D eigenvalue weighted by Crippen LogP contribution is -2.38. The summed E-state index contributed by atoms with van der Waals surface area (Å²) in [5.41, 5.74) is -0.464. The normalized spacial score (nSPS) is 12.8. The molecule has 0 radical (unpaired) electrons. The molecule has 1 aromatic carbocycles. The SMILES string of the molecule is CNS(=O)(=O)c1ccc(NCCC(F)(F)C(F)(F)F)c(C(=O)OC)c1. The van der Waals surface area contributed by atoms with Gasteiger partial charge in [0.05, 0.1) is 17.6 Å². The van der Waals surface area contributed by atoms with Crippen molar-refractivity contribution < 1.29 is 39.9 Å². The number of esters is 1. The van der Waals surface area contributed by atoms with E-state index in [1.807, 2.05) is 4.72 Å². The smallest absolute Gasteiger partial charge is 0.453 e. The monoisotopic (exact) mass is 390 g/mol. The Morgan fingerprint density at radius 2 is 1.80 bits per heavy atom. The maximum Gasteiger partial charge on any atom is 0.453 e. The van der Waals surface area contributed by atoms with E-state index < -0.39 is 41.1 Å². The van der Waals surface area contributed by atoms with Crippen LogP contribution in [0.3, 0.4) is 0 Å². The highest BCUT2D eigenvalue weighted by atomic mass is 32.2. The van der Waals surface area contributed by atoms with Gasteiger partial charge >= 0.3 is 18.1 Å². The van der Waals surface area contributed by atoms with Crippen molar-refractivity contribution in [3.63, 3.8) is 0 Å². The second kappa shape index (κ2) is 7.52. The molecule has 0 saturated carbocycles. The van der Waals surface area contributed by atoms with Crippen LogP contribution in [0.4, 0.5) is 27.6 Å². The number of halogens is 5. The van der Waals surface area contributed by atoms with Gasteiger partial charge in [0.25, 0.3) is 0 Å². The molecule has 12 heteroatoms. The van der Waals surface area contributed by atoms with Crippen molar-refractivity contribution in [3.05, 3.63) is 23.8 Å². The number of hydrogen-bond acceptors (Lipinski definition) is 5. The van der Waals surface area contributed by atoms with Gasteiger partial charge in [-0.25, -0.2) is 17.9 Å². The molecule has 2 N–H and O–H groups in total. The van der Waals surface area contributed by atoms with E-state index in [0.717, 1.165) is 32.4 Å². The average molecular weight is 390 g/mol. The van der Waals surface area contributed by atoms with E-state index in [2.05, 4.69) is 10.1 Å². The van der Waals surface area contributed by atoms with E-state index in [9.17, 15) is 35.2 Å². The molecular weight excluding hydrogens is 375 g/mol. The van der Waals surface area contributed by atoms with Gasteiger partial charge in [0.1, 0.15) is 0 Å². The summed E-state index contributed by atoms with van der Waals surface area (Å²) in [5.74, 6) is -5.89. The van der Waals surface area contributed by atoms with Gasteiger partial charge in [-0.05, 0) is 25.2 Å². The molecule has 1 rings (SSSR count). The molecule has 0 spiro atoms. The lowest BCUT2D eigenvalue weighted by molar-refractivity contribution is -0.283. The lowest BCUT2D eigenvalue weighted by Gasteiger charge is -2.20. The van der Waals surface area contributed by atoms with Crippen LogP contribution in [0.15, 0.2) is 23.1 Å². The zero-order chi connectivity index (χ0) is 19.5. The first kappa shape index (κ1) is 21.1. The largest absolute Gasteiger partial charge is 0.465 e. The fourth-order valence-corrected chi connectivity index (χ4v) is 2.49. The minimum absolute atomic E-state index is 0.139. The van der Waals surface area contributed by atoms with E-state index in [4.69, 9.17) is 0 Å². The number of ether oxygens (including phenoxy) is 1. The minimum Gasteiger partial charge on any atom is -0.465 e. The van der Waals surface area contributed by atoms with Gasteiger partial charge in [-0.2, -0.15) is 22.0 Å². The highest BCUT2D eigenvalue weighted by Crippen LogP contribution is 2.38. The number of sulfonamides is 1. The molecule has 0 aliphatic rings. The molecule has 0 bridgehead atoms. The fourth-order valence-electron chi connectivity index (χ4n) is 1.74. The predicted molar refractivity (Wildman–Crippen MR) is 78.1 cm³/mol. The first-order valence-corrected chi connectivity index (χ1v) is 8.18. The van der Waals surface area contributed by atoms with E-state index in [1.54, 1.807) is 0 Å². The van der Waals surface area contributed by atoms with E-state index in [1.165, 1.54) is 0 Å². The molecule has 142 valence electrons. The highest BCUT2D eigenvalue weighted by molar-refractivity contribution is 7.89. The zero-order valence-corrected chi connectivity index (χ0v) is 13.9. The van der Waals surface area contributed by atoms with Crippen molar-refractivity contribution in [1.82, 2.24) is 4.72 Å². The molecule has 0 saturated heterocycles. The van der Waals surface area contributed by atoms with Gasteiger partial charge < -0.3 is 10.1 Å². The van der Waals surface area contributed by atoms with Crippen molar-refractivity contribution in [2.24, 2.45) is 0 Å². The number of rotatable bonds is 7. The summed E-state index contributed by atoms with van der Waals surface area (Å²) in [6.45, 7) is -0.811. The maximum atomic E-state index is 12.9. The third kappa shape index (κ3) is 5.01. The fraction of sp³-hybridized carbons (Fsp3) is 0.462. The maximum absolute atomic E-state index is 12.9. The number of carbonyl (C=O) groups excluding carboxylic acids is 1. The molecule has 0 atom stereocenters. The molecule has 0 aliphatic heterocycles. The number of carbonyl (C=O) groups is 1. The topological polar surface area (TPSA) is 84.5 Å². The summed E-state index contributed by atoms with van der Waals surface area (Å²) < 4.78 is 92.0. The van der Waals surface area contributed by atoms with Crippen LogP contribution in [0.25, 0.3) is 0 Å². The average Bonchev–Trinajstić information content (AvgIpc) is 2.53. The van der Waals surface area contributed by atoms with Crippen LogP contribution < -0.4 is 10.0 Å². The summed E-state index contributed by atoms with van der Waals surface area (Å²) in [5, 5.41) is 2.26. The molecule has 25 heavy (non-hydrogen) atoms. The summed E-state index contributed by atoms with van der Waals surface area (Å²) >= 11 is 0. The van der Waals surface area contributed by atoms with Crippen LogP contribution in [-0.2, 0) is 14.8 Å². The molecular formula is C13H15F5N2O4S. The van der Waals surface area contributed by atoms with Gasteiger partial charge in [0.15, 0.2) is 0 Å². The third-order valence-electron chi connectivity index (χ3n) is 3.14. The minimum atomic E-state index is -5.69. The van der Waals surface area contributed by atoms with Gasteiger partial charge in [-0.3, -0.25) is 0 Å². The molecule has 6 nitrogen and oxygen atoms in total. The van der Waals surface area contributed by atoms with Crippen LogP contribution in [0.1, 0.15) is 16.8 Å². The van der Waals surface area contributed by atoms with Crippen molar-refractivity contribution in [1.29, 1.82) is 0 Å². The summed E-state index contributed by atoms with van der Waals surface area (Å²) in [4.78, 5) is 11.4. The van der Waals surface area contributed by atoms with Crippen LogP contribution in [-0.4, -0.2) is 47.2 Å². The van der Waals surface area contributed by atoms with Crippen LogP contribution >= 0.6 is 0 Å². The van der Waals surface area contributed by atoms with Crippen LogP contribution in [0, 0.1) is 0 Å². The second-order valence-electron chi connectivity index (χ2n) is 4.79. The Hall–Kier alpha value is -1.95. The van der Waals surface area contributed by atoms with Crippen molar-refractivity contribution in [2.75, 3.05) is 26.0 Å². The Morgan fingerprint density at radius 1 is 1.20 bits per heavy atom. The Labute approximate surface area is 140 Å². The number of anilines is 1. The highest BCUT2D eigenvalue weighted by Gasteiger charge is 2.56. The predicted octanol–water partition coefficient (Wildman–Crippen LogP) is 2.38. The first-order valence-electron chi connectivity index (χ1n) is 6.70. The van der Waals surface area contributed by atoms with E-state index in [0.29, 0.717) is 0 Å². The molecule has 1 aromatic rings. The first-order chi connectivity index (χ1) is 11.4. The van der Waals surface area contributed by atoms with Gasteiger partial charge in [0.2, 0.25) is 10.0 Å². The van der Waals surface area contributed by atoms with Gasteiger partial charge in [0, 0.05) is 18.7 Å². The Kier molecular flexibility index (Phi) is 6.34. The van der Waals surface area contributed by atoms with Crippen molar-refractivity contribution >= 4 is 21.7 Å². The molecule has 0 fully saturated rings. The number of nitrogens with one attached hydrogen (secondary N) is 2. The molecule has 0 aliphatic carbocycles. The summed E-state index contributed by atoms with van der Waals surface area (Å²) in [6.07, 6.45) is -7.25. The molecule has 0 unspecified atom stereocenters. The number of alkyl halides is 5. The Balaban J connectivity index is 3.06. The van der Waals surface area contributed by atoms with E-state index >= 15 is 0 Å². The van der Waals surface area contributed by atoms with Crippen LogP contribution in [0.5, 0.6) is 0 Å². The standard InChI is InChI=1S/C13H15F5N2O4S/c1-19-25(22,23)8-3-4-10(9(7-8)11(21)24-2)20-6-5-12(14,15)13(16,17)18/h3-4,7,19-20H,5-6H2,1-2H3. The quantitative estimate of drug-likeness (QED) is 0.552. The number of benzene rings is 1.